The Hall–Kier alpha value is -2.16. The minimum absolute atomic E-state index is 0.115. The Bertz CT molecular complexity index is 733. The zero-order valence-corrected chi connectivity index (χ0v) is 22.7. The fraction of sp³-hybridized carbons (Fsp3) is 0.840. The number of hydrogen-bond acceptors (Lipinski definition) is 6. The molecular weight excluding hydrogens is 436 g/mol. The number of rotatable bonds is 11. The van der Waals surface area contributed by atoms with Crippen molar-refractivity contribution in [2.24, 2.45) is 11.8 Å². The second-order valence-electron chi connectivity index (χ2n) is 10.8. The van der Waals surface area contributed by atoms with Crippen LogP contribution in [0, 0.1) is 11.8 Å². The molecule has 1 saturated heterocycles. The van der Waals surface area contributed by atoms with Gasteiger partial charge < -0.3 is 25.2 Å². The molecule has 5 atom stereocenters. The first-order chi connectivity index (χ1) is 15.6. The first-order valence-corrected chi connectivity index (χ1v) is 12.4. The average Bonchev–Trinajstić information content (AvgIpc) is 2.70. The van der Waals surface area contributed by atoms with Crippen LogP contribution in [0.2, 0.25) is 0 Å². The molecule has 1 aliphatic rings. The van der Waals surface area contributed by atoms with Crippen molar-refractivity contribution in [3.05, 3.63) is 0 Å². The number of ether oxygens (including phenoxy) is 1. The molecule has 0 radical (unpaired) electrons. The maximum Gasteiger partial charge on any atom is 0.329 e. The minimum atomic E-state index is -0.781. The summed E-state index contributed by atoms with van der Waals surface area (Å²) in [4.78, 5) is 54.8. The standard InChI is InChI=1S/C25H46N4O5/c1-11-16(4)20(27-21(30)18(26-9)14-15(2)3)23(32)28(10)17(5)22(31)29-13-12-19(29)24(33)34-25(6,7)8/h15-20,26H,11-14H2,1-10H3,(H,27,30)/t16-,17-,18-,19-,20-/m0/s1. The Morgan fingerprint density at radius 3 is 2.12 bits per heavy atom. The van der Waals surface area contributed by atoms with E-state index in [1.54, 1.807) is 41.8 Å². The summed E-state index contributed by atoms with van der Waals surface area (Å²) in [5, 5.41) is 5.94. The minimum Gasteiger partial charge on any atom is -0.458 e. The molecule has 3 amide bonds. The van der Waals surface area contributed by atoms with Crippen molar-refractivity contribution in [1.82, 2.24) is 20.4 Å². The summed E-state index contributed by atoms with van der Waals surface area (Å²) < 4.78 is 5.43. The summed E-state index contributed by atoms with van der Waals surface area (Å²) in [5.41, 5.74) is -0.637. The summed E-state index contributed by atoms with van der Waals surface area (Å²) in [7, 11) is 3.30. The van der Waals surface area contributed by atoms with Gasteiger partial charge in [0.1, 0.15) is 23.7 Å². The van der Waals surface area contributed by atoms with Crippen LogP contribution >= 0.6 is 0 Å². The third kappa shape index (κ3) is 7.96. The van der Waals surface area contributed by atoms with Crippen LogP contribution in [-0.2, 0) is 23.9 Å². The quantitative estimate of drug-likeness (QED) is 0.436. The largest absolute Gasteiger partial charge is 0.458 e. The lowest BCUT2D eigenvalue weighted by Crippen LogP contribution is -2.62. The van der Waals surface area contributed by atoms with Gasteiger partial charge in [-0.05, 0) is 59.4 Å². The van der Waals surface area contributed by atoms with E-state index in [4.69, 9.17) is 4.74 Å². The summed E-state index contributed by atoms with van der Waals surface area (Å²) in [6, 6.07) is -2.56. The number of amides is 3. The van der Waals surface area contributed by atoms with Gasteiger partial charge in [0.25, 0.3) is 0 Å². The highest BCUT2D eigenvalue weighted by molar-refractivity contribution is 5.94. The third-order valence-electron chi connectivity index (χ3n) is 6.42. The van der Waals surface area contributed by atoms with Crippen LogP contribution < -0.4 is 10.6 Å². The summed E-state index contributed by atoms with van der Waals surface area (Å²) in [6.45, 7) is 15.4. The molecule has 1 fully saturated rings. The summed E-state index contributed by atoms with van der Waals surface area (Å²) in [6.07, 6.45) is 1.88. The summed E-state index contributed by atoms with van der Waals surface area (Å²) >= 11 is 0. The molecule has 34 heavy (non-hydrogen) atoms. The van der Waals surface area contributed by atoms with E-state index < -0.39 is 35.7 Å². The molecule has 9 heteroatoms. The normalized spacial score (nSPS) is 19.5. The predicted octanol–water partition coefficient (Wildman–Crippen LogP) is 1.94. The van der Waals surface area contributed by atoms with Crippen molar-refractivity contribution < 1.29 is 23.9 Å². The van der Waals surface area contributed by atoms with Crippen LogP contribution in [0.15, 0.2) is 0 Å². The van der Waals surface area contributed by atoms with Crippen LogP contribution in [0.5, 0.6) is 0 Å². The Morgan fingerprint density at radius 2 is 1.71 bits per heavy atom. The smallest absolute Gasteiger partial charge is 0.329 e. The van der Waals surface area contributed by atoms with Crippen molar-refractivity contribution in [2.75, 3.05) is 20.6 Å². The topological polar surface area (TPSA) is 108 Å². The van der Waals surface area contributed by atoms with Crippen LogP contribution in [0.4, 0.5) is 0 Å². The van der Waals surface area contributed by atoms with Crippen molar-refractivity contribution in [3.8, 4) is 0 Å². The number of esters is 1. The Balaban J connectivity index is 2.93. The second-order valence-corrected chi connectivity index (χ2v) is 10.8. The molecule has 1 rings (SSSR count). The van der Waals surface area contributed by atoms with Crippen molar-refractivity contribution in [3.63, 3.8) is 0 Å². The molecule has 1 heterocycles. The molecule has 9 nitrogen and oxygen atoms in total. The van der Waals surface area contributed by atoms with Crippen LogP contribution in [0.3, 0.4) is 0 Å². The third-order valence-corrected chi connectivity index (χ3v) is 6.42. The van der Waals surface area contributed by atoms with Gasteiger partial charge in [0, 0.05) is 13.6 Å². The van der Waals surface area contributed by atoms with Gasteiger partial charge in [-0.2, -0.15) is 0 Å². The molecule has 0 aromatic rings. The van der Waals surface area contributed by atoms with Crippen LogP contribution in [0.25, 0.3) is 0 Å². The van der Waals surface area contributed by atoms with Gasteiger partial charge in [0.15, 0.2) is 0 Å². The monoisotopic (exact) mass is 482 g/mol. The lowest BCUT2D eigenvalue weighted by molar-refractivity contribution is -0.172. The number of hydrogen-bond donors (Lipinski definition) is 2. The summed E-state index contributed by atoms with van der Waals surface area (Å²) in [5.74, 6) is -1.08. The first-order valence-electron chi connectivity index (χ1n) is 12.4. The van der Waals surface area contributed by atoms with Crippen molar-refractivity contribution in [1.29, 1.82) is 0 Å². The highest BCUT2D eigenvalue weighted by atomic mass is 16.6. The van der Waals surface area contributed by atoms with Gasteiger partial charge in [-0.1, -0.05) is 34.1 Å². The van der Waals surface area contributed by atoms with E-state index in [1.165, 1.54) is 9.80 Å². The van der Waals surface area contributed by atoms with E-state index in [9.17, 15) is 19.2 Å². The number of nitrogens with zero attached hydrogens (tertiary/aromatic N) is 2. The maximum absolute atomic E-state index is 13.4. The fourth-order valence-electron chi connectivity index (χ4n) is 3.85. The van der Waals surface area contributed by atoms with Gasteiger partial charge >= 0.3 is 5.97 Å². The number of likely N-dealkylation sites (N-methyl/N-ethyl adjacent to an activating group) is 2. The average molecular weight is 483 g/mol. The van der Waals surface area contributed by atoms with Gasteiger partial charge in [0.2, 0.25) is 17.7 Å². The maximum atomic E-state index is 13.4. The molecule has 0 bridgehead atoms. The highest BCUT2D eigenvalue weighted by Crippen LogP contribution is 2.24. The van der Waals surface area contributed by atoms with E-state index >= 15 is 0 Å². The zero-order valence-electron chi connectivity index (χ0n) is 22.7. The van der Waals surface area contributed by atoms with E-state index in [1.807, 2.05) is 27.7 Å². The van der Waals surface area contributed by atoms with Crippen LogP contribution in [0.1, 0.15) is 74.7 Å². The Morgan fingerprint density at radius 1 is 1.12 bits per heavy atom. The molecule has 2 N–H and O–H groups in total. The number of nitrogens with one attached hydrogen (secondary N) is 2. The number of carbonyl (C=O) groups is 4. The molecule has 0 aromatic heterocycles. The highest BCUT2D eigenvalue weighted by Gasteiger charge is 2.43. The Labute approximate surface area is 205 Å². The molecule has 0 unspecified atom stereocenters. The SMILES string of the molecule is CC[C@H](C)[C@H](NC(=O)[C@H](CC(C)C)NC)C(=O)N(C)[C@@H](C)C(=O)N1CC[C@H]1C(=O)OC(C)(C)C. The van der Waals surface area contributed by atoms with E-state index in [2.05, 4.69) is 10.6 Å². The van der Waals surface area contributed by atoms with E-state index in [0.717, 1.165) is 0 Å². The lowest BCUT2D eigenvalue weighted by Gasteiger charge is -2.43. The fourth-order valence-corrected chi connectivity index (χ4v) is 3.85. The predicted molar refractivity (Wildman–Crippen MR) is 132 cm³/mol. The number of likely N-dealkylation sites (tertiary alicyclic amines) is 1. The van der Waals surface area contributed by atoms with E-state index in [0.29, 0.717) is 31.7 Å². The van der Waals surface area contributed by atoms with Gasteiger partial charge in [-0.3, -0.25) is 14.4 Å². The number of carbonyl (C=O) groups excluding carboxylic acids is 4. The molecule has 196 valence electrons. The first kappa shape index (κ1) is 29.9. The van der Waals surface area contributed by atoms with Gasteiger partial charge in [-0.25, -0.2) is 4.79 Å². The van der Waals surface area contributed by atoms with Gasteiger partial charge in [0.05, 0.1) is 6.04 Å². The molecule has 0 spiro atoms. The molecule has 0 aromatic carbocycles. The van der Waals surface area contributed by atoms with Crippen molar-refractivity contribution in [2.45, 2.75) is 104 Å². The van der Waals surface area contributed by atoms with Gasteiger partial charge in [-0.15, -0.1) is 0 Å². The second kappa shape index (κ2) is 12.5. The lowest BCUT2D eigenvalue weighted by atomic mass is 9.95. The molecule has 0 aliphatic carbocycles. The van der Waals surface area contributed by atoms with Crippen LogP contribution in [-0.4, -0.2) is 83.9 Å². The molecule has 1 aliphatic heterocycles. The Kier molecular flexibility index (Phi) is 11.0. The molecule has 0 saturated carbocycles. The van der Waals surface area contributed by atoms with E-state index in [-0.39, 0.29) is 23.6 Å². The van der Waals surface area contributed by atoms with Crippen molar-refractivity contribution >= 4 is 23.7 Å². The molecular formula is C25H46N4O5. The zero-order chi connectivity index (χ0) is 26.4.